The van der Waals surface area contributed by atoms with E-state index in [0.29, 0.717) is 11.7 Å². The van der Waals surface area contributed by atoms with Crippen LogP contribution < -0.4 is 10.5 Å². The number of anilines is 1. The summed E-state index contributed by atoms with van der Waals surface area (Å²) >= 11 is 0. The first-order valence-electron chi connectivity index (χ1n) is 5.51. The van der Waals surface area contributed by atoms with Gasteiger partial charge in [0.15, 0.2) is 5.82 Å². The highest BCUT2D eigenvalue weighted by Gasteiger charge is 2.11. The van der Waals surface area contributed by atoms with Gasteiger partial charge in [-0.1, -0.05) is 26.7 Å². The van der Waals surface area contributed by atoms with Gasteiger partial charge in [0.25, 0.3) is 5.88 Å². The lowest BCUT2D eigenvalue weighted by Crippen LogP contribution is -2.17. The molecule has 0 radical (unpaired) electrons. The maximum absolute atomic E-state index is 5.73. The molecule has 1 aromatic rings. The summed E-state index contributed by atoms with van der Waals surface area (Å²) in [6, 6.07) is 0. The highest BCUT2D eigenvalue weighted by atomic mass is 16.5. The smallest absolute Gasteiger partial charge is 0.257 e. The van der Waals surface area contributed by atoms with Gasteiger partial charge in [-0.3, -0.25) is 0 Å². The van der Waals surface area contributed by atoms with E-state index in [4.69, 9.17) is 10.5 Å². The van der Waals surface area contributed by atoms with E-state index in [2.05, 4.69) is 23.8 Å². The molecule has 0 saturated carbocycles. The van der Waals surface area contributed by atoms with Crippen molar-refractivity contribution in [1.29, 1.82) is 0 Å². The zero-order valence-corrected chi connectivity index (χ0v) is 9.44. The van der Waals surface area contributed by atoms with Crippen molar-refractivity contribution < 1.29 is 4.74 Å². The first-order chi connectivity index (χ1) is 7.27. The summed E-state index contributed by atoms with van der Waals surface area (Å²) in [6.45, 7) is 4.29. The van der Waals surface area contributed by atoms with Gasteiger partial charge in [0.2, 0.25) is 0 Å². The number of aromatic nitrogens is 2. The molecule has 0 aliphatic rings. The normalized spacial score (nSPS) is 10.6. The van der Waals surface area contributed by atoms with Crippen molar-refractivity contribution in [2.45, 2.75) is 45.6 Å². The van der Waals surface area contributed by atoms with Gasteiger partial charge in [0.05, 0.1) is 0 Å². The lowest BCUT2D eigenvalue weighted by atomic mass is 10.1. The molecule has 2 N–H and O–H groups in total. The predicted molar refractivity (Wildman–Crippen MR) is 60.7 cm³/mol. The van der Waals surface area contributed by atoms with Gasteiger partial charge in [0, 0.05) is 12.4 Å². The van der Waals surface area contributed by atoms with Gasteiger partial charge >= 0.3 is 0 Å². The molecule has 1 heterocycles. The van der Waals surface area contributed by atoms with E-state index in [0.717, 1.165) is 25.7 Å². The highest BCUT2D eigenvalue weighted by Crippen LogP contribution is 2.18. The Bertz CT molecular complexity index is 285. The monoisotopic (exact) mass is 209 g/mol. The summed E-state index contributed by atoms with van der Waals surface area (Å²) in [5.74, 6) is 0.833. The van der Waals surface area contributed by atoms with Gasteiger partial charge in [-0.25, -0.2) is 9.97 Å². The topological polar surface area (TPSA) is 61.0 Å². The molecule has 0 aliphatic heterocycles. The van der Waals surface area contributed by atoms with Crippen LogP contribution in [-0.4, -0.2) is 16.1 Å². The van der Waals surface area contributed by atoms with E-state index in [9.17, 15) is 0 Å². The lowest BCUT2D eigenvalue weighted by molar-refractivity contribution is 0.172. The van der Waals surface area contributed by atoms with Crippen molar-refractivity contribution in [3.05, 3.63) is 12.4 Å². The Morgan fingerprint density at radius 1 is 1.20 bits per heavy atom. The molecular weight excluding hydrogens is 190 g/mol. The molecule has 1 rings (SSSR count). The lowest BCUT2D eigenvalue weighted by Gasteiger charge is -2.17. The van der Waals surface area contributed by atoms with E-state index in [1.807, 2.05) is 0 Å². The van der Waals surface area contributed by atoms with Crippen LogP contribution in [0.1, 0.15) is 39.5 Å². The summed E-state index contributed by atoms with van der Waals surface area (Å²) in [5, 5.41) is 0. The van der Waals surface area contributed by atoms with E-state index in [1.54, 1.807) is 12.4 Å². The molecule has 0 amide bonds. The summed E-state index contributed by atoms with van der Waals surface area (Å²) in [5.41, 5.74) is 5.66. The van der Waals surface area contributed by atoms with Crippen molar-refractivity contribution >= 4 is 5.82 Å². The van der Waals surface area contributed by atoms with Crippen LogP contribution in [-0.2, 0) is 0 Å². The number of nitrogens with zero attached hydrogens (tertiary/aromatic N) is 2. The average Bonchev–Trinajstić information content (AvgIpc) is 2.22. The zero-order chi connectivity index (χ0) is 11.1. The predicted octanol–water partition coefficient (Wildman–Crippen LogP) is 2.41. The van der Waals surface area contributed by atoms with E-state index in [1.165, 1.54) is 0 Å². The van der Waals surface area contributed by atoms with Gasteiger partial charge in [0.1, 0.15) is 6.10 Å². The van der Waals surface area contributed by atoms with E-state index < -0.39 is 0 Å². The third-order valence-electron chi connectivity index (χ3n) is 2.19. The maximum atomic E-state index is 5.73. The van der Waals surface area contributed by atoms with E-state index >= 15 is 0 Å². The Kier molecular flexibility index (Phi) is 4.87. The Labute approximate surface area is 90.9 Å². The van der Waals surface area contributed by atoms with Gasteiger partial charge in [-0.2, -0.15) is 0 Å². The molecule has 0 atom stereocenters. The van der Waals surface area contributed by atoms with Crippen molar-refractivity contribution in [2.75, 3.05) is 5.73 Å². The molecule has 1 aromatic heterocycles. The molecule has 0 aromatic carbocycles. The molecule has 15 heavy (non-hydrogen) atoms. The number of hydrogen-bond acceptors (Lipinski definition) is 4. The van der Waals surface area contributed by atoms with Crippen LogP contribution in [0.5, 0.6) is 5.88 Å². The van der Waals surface area contributed by atoms with Crippen molar-refractivity contribution in [1.82, 2.24) is 9.97 Å². The fourth-order valence-corrected chi connectivity index (χ4v) is 1.49. The molecule has 0 fully saturated rings. The maximum Gasteiger partial charge on any atom is 0.257 e. The van der Waals surface area contributed by atoms with Gasteiger partial charge in [-0.05, 0) is 12.8 Å². The van der Waals surface area contributed by atoms with Crippen LogP contribution in [0.4, 0.5) is 5.82 Å². The van der Waals surface area contributed by atoms with Gasteiger partial charge in [-0.15, -0.1) is 0 Å². The summed E-state index contributed by atoms with van der Waals surface area (Å²) in [4.78, 5) is 8.02. The van der Waals surface area contributed by atoms with Crippen LogP contribution in [0.15, 0.2) is 12.4 Å². The number of nitrogen functional groups attached to an aromatic ring is 1. The fraction of sp³-hybridized carbons (Fsp3) is 0.636. The van der Waals surface area contributed by atoms with Crippen LogP contribution in [0.2, 0.25) is 0 Å². The third kappa shape index (κ3) is 3.73. The Hall–Kier alpha value is -1.32. The SMILES string of the molecule is CCCC(CCC)Oc1nccnc1N. The number of rotatable bonds is 6. The Morgan fingerprint density at radius 3 is 2.33 bits per heavy atom. The molecule has 0 unspecified atom stereocenters. The molecule has 0 saturated heterocycles. The molecular formula is C11H19N3O. The van der Waals surface area contributed by atoms with Crippen LogP contribution >= 0.6 is 0 Å². The third-order valence-corrected chi connectivity index (χ3v) is 2.19. The minimum absolute atomic E-state index is 0.207. The molecule has 0 bridgehead atoms. The highest BCUT2D eigenvalue weighted by molar-refractivity contribution is 5.38. The van der Waals surface area contributed by atoms with Crippen molar-refractivity contribution in [2.24, 2.45) is 0 Å². The largest absolute Gasteiger partial charge is 0.472 e. The van der Waals surface area contributed by atoms with Crippen LogP contribution in [0.25, 0.3) is 0 Å². The standard InChI is InChI=1S/C11H19N3O/c1-3-5-9(6-4-2)15-11-10(12)13-7-8-14-11/h7-9H,3-6H2,1-2H3,(H2,12,13). The van der Waals surface area contributed by atoms with Gasteiger partial charge < -0.3 is 10.5 Å². The zero-order valence-electron chi connectivity index (χ0n) is 9.44. The number of nitrogens with two attached hydrogens (primary N) is 1. The Morgan fingerprint density at radius 2 is 1.80 bits per heavy atom. The molecule has 84 valence electrons. The summed E-state index contributed by atoms with van der Waals surface area (Å²) < 4.78 is 5.73. The van der Waals surface area contributed by atoms with Crippen molar-refractivity contribution in [3.63, 3.8) is 0 Å². The molecule has 0 aliphatic carbocycles. The second kappa shape index (κ2) is 6.22. The first kappa shape index (κ1) is 11.8. The summed E-state index contributed by atoms with van der Waals surface area (Å²) in [7, 11) is 0. The summed E-state index contributed by atoms with van der Waals surface area (Å²) in [6.07, 6.45) is 7.64. The fourth-order valence-electron chi connectivity index (χ4n) is 1.49. The molecule has 4 heteroatoms. The van der Waals surface area contributed by atoms with Crippen molar-refractivity contribution in [3.8, 4) is 5.88 Å². The molecule has 0 spiro atoms. The molecule has 4 nitrogen and oxygen atoms in total. The first-order valence-corrected chi connectivity index (χ1v) is 5.51. The minimum atomic E-state index is 0.207. The number of ether oxygens (including phenoxy) is 1. The quantitative estimate of drug-likeness (QED) is 0.781. The number of hydrogen-bond donors (Lipinski definition) is 1. The Balaban J connectivity index is 2.60. The van der Waals surface area contributed by atoms with E-state index in [-0.39, 0.29) is 6.10 Å². The van der Waals surface area contributed by atoms with Crippen LogP contribution in [0.3, 0.4) is 0 Å². The minimum Gasteiger partial charge on any atom is -0.472 e. The second-order valence-corrected chi connectivity index (χ2v) is 3.56. The average molecular weight is 209 g/mol. The second-order valence-electron chi connectivity index (χ2n) is 3.56. The van der Waals surface area contributed by atoms with Crippen LogP contribution in [0, 0.1) is 0 Å².